The van der Waals surface area contributed by atoms with Gasteiger partial charge in [-0.05, 0) is 19.1 Å². The predicted molar refractivity (Wildman–Crippen MR) is 49.3 cm³/mol. The maximum Gasteiger partial charge on any atom is 0.185 e. The van der Waals surface area contributed by atoms with Gasteiger partial charge in [-0.1, -0.05) is 11.6 Å². The molecule has 0 aromatic heterocycles. The van der Waals surface area contributed by atoms with Gasteiger partial charge < -0.3 is 5.73 Å². The highest BCUT2D eigenvalue weighted by Gasteiger charge is 2.20. The maximum absolute atomic E-state index is 13.1. The third-order valence-electron chi connectivity index (χ3n) is 1.67. The summed E-state index contributed by atoms with van der Waals surface area (Å²) < 4.78 is 26.2. The van der Waals surface area contributed by atoms with Crippen LogP contribution in [0, 0.1) is 11.6 Å². The fourth-order valence-corrected chi connectivity index (χ4v) is 1.20. The number of halogens is 3. The van der Waals surface area contributed by atoms with E-state index in [2.05, 4.69) is 0 Å². The van der Waals surface area contributed by atoms with Crippen molar-refractivity contribution >= 4 is 17.4 Å². The standard InChI is InChI=1S/C9H8ClF2NO/c1-4(13)9(14)8-6(11)2-5(10)3-7(8)12/h2-4H,13H2,1H3. The first-order valence-electron chi connectivity index (χ1n) is 3.88. The molecule has 0 saturated heterocycles. The van der Waals surface area contributed by atoms with Crippen molar-refractivity contribution in [2.75, 3.05) is 0 Å². The summed E-state index contributed by atoms with van der Waals surface area (Å²) in [4.78, 5) is 11.2. The molecule has 0 aliphatic heterocycles. The minimum atomic E-state index is -0.989. The number of ketones is 1. The van der Waals surface area contributed by atoms with E-state index in [0.29, 0.717) is 0 Å². The first-order valence-corrected chi connectivity index (χ1v) is 4.25. The maximum atomic E-state index is 13.1. The molecule has 0 radical (unpaired) electrons. The summed E-state index contributed by atoms with van der Waals surface area (Å²) in [5.74, 6) is -2.76. The summed E-state index contributed by atoms with van der Waals surface area (Å²) in [6.07, 6.45) is 0. The molecule has 1 aromatic carbocycles. The second-order valence-electron chi connectivity index (χ2n) is 2.90. The number of rotatable bonds is 2. The first-order chi connectivity index (χ1) is 6.43. The Morgan fingerprint density at radius 1 is 1.43 bits per heavy atom. The van der Waals surface area contributed by atoms with Gasteiger partial charge in [0.25, 0.3) is 0 Å². The Bertz CT molecular complexity index is 356. The number of benzene rings is 1. The van der Waals surface area contributed by atoms with E-state index in [9.17, 15) is 13.6 Å². The molecule has 14 heavy (non-hydrogen) atoms. The van der Waals surface area contributed by atoms with Gasteiger partial charge in [0.05, 0.1) is 11.6 Å². The van der Waals surface area contributed by atoms with E-state index in [1.54, 1.807) is 0 Å². The van der Waals surface area contributed by atoms with Gasteiger partial charge in [-0.25, -0.2) is 8.78 Å². The Morgan fingerprint density at radius 2 is 1.86 bits per heavy atom. The molecule has 0 fully saturated rings. The molecule has 5 heteroatoms. The third-order valence-corrected chi connectivity index (χ3v) is 1.89. The molecule has 1 rings (SSSR count). The highest BCUT2D eigenvalue weighted by molar-refractivity contribution is 6.30. The lowest BCUT2D eigenvalue weighted by molar-refractivity contribution is 0.0959. The lowest BCUT2D eigenvalue weighted by Gasteiger charge is -2.06. The zero-order valence-electron chi connectivity index (χ0n) is 7.35. The van der Waals surface area contributed by atoms with Crippen molar-refractivity contribution in [3.8, 4) is 0 Å². The average Bonchev–Trinajstić information content (AvgIpc) is 2.01. The summed E-state index contributed by atoms with van der Waals surface area (Å²) >= 11 is 5.38. The van der Waals surface area contributed by atoms with Gasteiger partial charge in [0, 0.05) is 5.02 Å². The molecule has 1 unspecified atom stereocenters. The van der Waals surface area contributed by atoms with Crippen LogP contribution in [0.25, 0.3) is 0 Å². The zero-order valence-corrected chi connectivity index (χ0v) is 8.11. The third kappa shape index (κ3) is 2.08. The van der Waals surface area contributed by atoms with Crippen molar-refractivity contribution in [3.05, 3.63) is 34.4 Å². The molecular weight excluding hydrogens is 212 g/mol. The van der Waals surface area contributed by atoms with Crippen LogP contribution in [0.3, 0.4) is 0 Å². The summed E-state index contributed by atoms with van der Waals surface area (Å²) in [5, 5.41) is -0.0961. The molecule has 1 aromatic rings. The van der Waals surface area contributed by atoms with Crippen molar-refractivity contribution in [2.24, 2.45) is 5.73 Å². The van der Waals surface area contributed by atoms with Crippen LogP contribution in [0.4, 0.5) is 8.78 Å². The van der Waals surface area contributed by atoms with E-state index in [1.807, 2.05) is 0 Å². The molecule has 0 amide bonds. The molecule has 2 N–H and O–H groups in total. The SMILES string of the molecule is CC(N)C(=O)c1c(F)cc(Cl)cc1F. The second kappa shape index (κ2) is 4.02. The molecule has 0 aliphatic carbocycles. The van der Waals surface area contributed by atoms with Crippen molar-refractivity contribution in [1.82, 2.24) is 0 Å². The van der Waals surface area contributed by atoms with Crippen molar-refractivity contribution in [1.29, 1.82) is 0 Å². The molecule has 0 aliphatic rings. The molecule has 76 valence electrons. The van der Waals surface area contributed by atoms with Crippen LogP contribution in [0.1, 0.15) is 17.3 Å². The second-order valence-corrected chi connectivity index (χ2v) is 3.33. The Morgan fingerprint density at radius 3 is 2.21 bits per heavy atom. The van der Waals surface area contributed by atoms with Crippen LogP contribution in [-0.2, 0) is 0 Å². The van der Waals surface area contributed by atoms with E-state index in [1.165, 1.54) is 6.92 Å². The molecule has 0 saturated carbocycles. The summed E-state index contributed by atoms with van der Waals surface area (Å²) in [6, 6.07) is 0.806. The lowest BCUT2D eigenvalue weighted by Crippen LogP contribution is -2.28. The van der Waals surface area contributed by atoms with E-state index < -0.39 is 29.0 Å². The molecule has 0 heterocycles. The van der Waals surface area contributed by atoms with Gasteiger partial charge >= 0.3 is 0 Å². The van der Waals surface area contributed by atoms with Crippen LogP contribution >= 0.6 is 11.6 Å². The van der Waals surface area contributed by atoms with E-state index in [-0.39, 0.29) is 5.02 Å². The number of carbonyl (C=O) groups excluding carboxylic acids is 1. The van der Waals surface area contributed by atoms with Gasteiger partial charge in [-0.3, -0.25) is 4.79 Å². The smallest absolute Gasteiger partial charge is 0.185 e. The lowest BCUT2D eigenvalue weighted by atomic mass is 10.0. The predicted octanol–water partition coefficient (Wildman–Crippen LogP) is 2.15. The van der Waals surface area contributed by atoms with Gasteiger partial charge in [0.2, 0.25) is 0 Å². The molecule has 0 spiro atoms. The van der Waals surface area contributed by atoms with E-state index >= 15 is 0 Å². The molecular formula is C9H8ClF2NO. The van der Waals surface area contributed by atoms with Crippen LogP contribution in [-0.4, -0.2) is 11.8 Å². The normalized spacial score (nSPS) is 12.6. The highest BCUT2D eigenvalue weighted by atomic mass is 35.5. The fraction of sp³-hybridized carbons (Fsp3) is 0.222. The van der Waals surface area contributed by atoms with Crippen LogP contribution < -0.4 is 5.73 Å². The minimum absolute atomic E-state index is 0.0961. The first kappa shape index (κ1) is 11.1. The number of nitrogens with two attached hydrogens (primary N) is 1. The quantitative estimate of drug-likeness (QED) is 0.775. The Balaban J connectivity index is 3.28. The minimum Gasteiger partial charge on any atom is -0.321 e. The van der Waals surface area contributed by atoms with Crippen LogP contribution in [0.5, 0.6) is 0 Å². The van der Waals surface area contributed by atoms with Crippen molar-refractivity contribution in [3.63, 3.8) is 0 Å². The summed E-state index contributed by atoms with van der Waals surface area (Å²) in [5.41, 5.74) is 4.59. The van der Waals surface area contributed by atoms with Crippen molar-refractivity contribution < 1.29 is 13.6 Å². The monoisotopic (exact) mass is 219 g/mol. The van der Waals surface area contributed by atoms with E-state index in [0.717, 1.165) is 12.1 Å². The number of carbonyl (C=O) groups is 1. The largest absolute Gasteiger partial charge is 0.321 e. The molecule has 0 bridgehead atoms. The summed E-state index contributed by atoms with van der Waals surface area (Å²) in [6.45, 7) is 1.36. The van der Waals surface area contributed by atoms with Gasteiger partial charge in [-0.2, -0.15) is 0 Å². The van der Waals surface area contributed by atoms with Gasteiger partial charge in [0.1, 0.15) is 11.6 Å². The molecule has 2 nitrogen and oxygen atoms in total. The number of hydrogen-bond acceptors (Lipinski definition) is 2. The zero-order chi connectivity index (χ0) is 10.9. The Kier molecular flexibility index (Phi) is 3.18. The van der Waals surface area contributed by atoms with Gasteiger partial charge in [0.15, 0.2) is 5.78 Å². The van der Waals surface area contributed by atoms with Crippen LogP contribution in [0.2, 0.25) is 5.02 Å². The number of hydrogen-bond donors (Lipinski definition) is 1. The van der Waals surface area contributed by atoms with Gasteiger partial charge in [-0.15, -0.1) is 0 Å². The topological polar surface area (TPSA) is 43.1 Å². The summed E-state index contributed by atoms with van der Waals surface area (Å²) in [7, 11) is 0. The average molecular weight is 220 g/mol. The Labute approximate surface area is 84.7 Å². The van der Waals surface area contributed by atoms with E-state index in [4.69, 9.17) is 17.3 Å². The number of Topliss-reactive ketones (excluding diaryl/α,β-unsaturated/α-hetero) is 1. The van der Waals surface area contributed by atoms with Crippen molar-refractivity contribution in [2.45, 2.75) is 13.0 Å². The fourth-order valence-electron chi connectivity index (χ4n) is 1.01. The molecule has 1 atom stereocenters. The van der Waals surface area contributed by atoms with Crippen LogP contribution in [0.15, 0.2) is 12.1 Å². The Hall–Kier alpha value is -1.00. The highest BCUT2D eigenvalue weighted by Crippen LogP contribution is 2.19.